The minimum absolute atomic E-state index is 0.193. The highest BCUT2D eigenvalue weighted by Crippen LogP contribution is 2.17. The van der Waals surface area contributed by atoms with Crippen LogP contribution in [0.4, 0.5) is 11.4 Å². The maximum absolute atomic E-state index is 12.2. The van der Waals surface area contributed by atoms with Crippen molar-refractivity contribution < 1.29 is 9.21 Å². The summed E-state index contributed by atoms with van der Waals surface area (Å²) in [6.07, 6.45) is 4.81. The van der Waals surface area contributed by atoms with Gasteiger partial charge in [0.15, 0.2) is 0 Å². The average Bonchev–Trinajstić information content (AvgIpc) is 3.06. The zero-order valence-corrected chi connectivity index (χ0v) is 12.7. The predicted molar refractivity (Wildman–Crippen MR) is 88.6 cm³/mol. The van der Waals surface area contributed by atoms with Gasteiger partial charge >= 0.3 is 0 Å². The fourth-order valence-corrected chi connectivity index (χ4v) is 2.20. The highest BCUT2D eigenvalue weighted by molar-refractivity contribution is 5.94. The zero-order valence-electron chi connectivity index (χ0n) is 12.7. The molecule has 0 aliphatic carbocycles. The molecule has 5 nitrogen and oxygen atoms in total. The Balaban J connectivity index is 1.68. The number of benzene rings is 1. The van der Waals surface area contributed by atoms with Crippen LogP contribution in [0.5, 0.6) is 0 Å². The molecule has 0 aliphatic rings. The van der Waals surface area contributed by atoms with Crippen molar-refractivity contribution in [3.05, 3.63) is 78.0 Å². The van der Waals surface area contributed by atoms with E-state index in [0.717, 1.165) is 16.9 Å². The molecule has 116 valence electrons. The van der Waals surface area contributed by atoms with Crippen LogP contribution in [0, 0.1) is 6.92 Å². The van der Waals surface area contributed by atoms with Crippen LogP contribution in [-0.2, 0) is 6.54 Å². The minimum Gasteiger partial charge on any atom is -0.467 e. The molecule has 2 N–H and O–H groups in total. The number of anilines is 2. The standard InChI is InChI=1S/C18H17N3O2/c1-13-4-2-5-15(8-13)21-16-9-14(10-19-11-16)18(22)20-12-17-6-3-7-23-17/h2-11,21H,12H2,1H3,(H,20,22). The number of carbonyl (C=O) groups is 1. The average molecular weight is 307 g/mol. The van der Waals surface area contributed by atoms with Gasteiger partial charge in [0.25, 0.3) is 5.91 Å². The molecule has 3 rings (SSSR count). The van der Waals surface area contributed by atoms with Crippen LogP contribution in [0.15, 0.2) is 65.5 Å². The van der Waals surface area contributed by atoms with E-state index < -0.39 is 0 Å². The van der Waals surface area contributed by atoms with Crippen LogP contribution < -0.4 is 10.6 Å². The first-order valence-corrected chi connectivity index (χ1v) is 7.30. The van der Waals surface area contributed by atoms with Gasteiger partial charge in [0, 0.05) is 11.9 Å². The van der Waals surface area contributed by atoms with Gasteiger partial charge in [-0.25, -0.2) is 0 Å². The summed E-state index contributed by atoms with van der Waals surface area (Å²) < 4.78 is 5.19. The maximum atomic E-state index is 12.2. The molecule has 1 aromatic carbocycles. The van der Waals surface area contributed by atoms with Crippen molar-refractivity contribution in [2.24, 2.45) is 0 Å². The van der Waals surface area contributed by atoms with Gasteiger partial charge in [-0.3, -0.25) is 9.78 Å². The zero-order chi connectivity index (χ0) is 16.1. The van der Waals surface area contributed by atoms with Gasteiger partial charge in [0.1, 0.15) is 5.76 Å². The lowest BCUT2D eigenvalue weighted by Crippen LogP contribution is -2.22. The first-order valence-electron chi connectivity index (χ1n) is 7.30. The van der Waals surface area contributed by atoms with Crippen molar-refractivity contribution in [2.75, 3.05) is 5.32 Å². The Labute approximate surface area is 134 Å². The predicted octanol–water partition coefficient (Wildman–Crippen LogP) is 3.66. The van der Waals surface area contributed by atoms with E-state index in [1.165, 1.54) is 0 Å². The van der Waals surface area contributed by atoms with Gasteiger partial charge in [-0.1, -0.05) is 12.1 Å². The number of nitrogens with one attached hydrogen (secondary N) is 2. The lowest BCUT2D eigenvalue weighted by molar-refractivity contribution is 0.0947. The van der Waals surface area contributed by atoms with Gasteiger partial charge in [-0.15, -0.1) is 0 Å². The molecule has 1 amide bonds. The summed E-state index contributed by atoms with van der Waals surface area (Å²) >= 11 is 0. The number of carbonyl (C=O) groups excluding carboxylic acids is 1. The Hall–Kier alpha value is -3.08. The Bertz CT molecular complexity index is 798. The molecule has 0 fully saturated rings. The normalized spacial score (nSPS) is 10.3. The van der Waals surface area contributed by atoms with Crippen LogP contribution in [0.2, 0.25) is 0 Å². The third-order valence-electron chi connectivity index (χ3n) is 3.31. The smallest absolute Gasteiger partial charge is 0.253 e. The molecular formula is C18H17N3O2. The summed E-state index contributed by atoms with van der Waals surface area (Å²) in [6, 6.07) is 13.4. The van der Waals surface area contributed by atoms with E-state index in [4.69, 9.17) is 4.42 Å². The van der Waals surface area contributed by atoms with Crippen molar-refractivity contribution in [1.82, 2.24) is 10.3 Å². The number of rotatable bonds is 5. The molecule has 0 atom stereocenters. The molecule has 2 aromatic heterocycles. The molecule has 0 bridgehead atoms. The van der Waals surface area contributed by atoms with Crippen LogP contribution in [0.1, 0.15) is 21.7 Å². The number of hydrogen-bond donors (Lipinski definition) is 2. The molecule has 0 radical (unpaired) electrons. The summed E-state index contributed by atoms with van der Waals surface area (Å²) in [7, 11) is 0. The second kappa shape index (κ2) is 6.79. The Morgan fingerprint density at radius 2 is 2.04 bits per heavy atom. The SMILES string of the molecule is Cc1cccc(Nc2cncc(C(=O)NCc3ccco3)c2)c1. The summed E-state index contributed by atoms with van der Waals surface area (Å²) in [5, 5.41) is 6.05. The monoisotopic (exact) mass is 307 g/mol. The van der Waals surface area contributed by atoms with Gasteiger partial charge in [0.2, 0.25) is 0 Å². The van der Waals surface area contributed by atoms with Gasteiger partial charge < -0.3 is 15.1 Å². The molecule has 23 heavy (non-hydrogen) atoms. The number of hydrogen-bond acceptors (Lipinski definition) is 4. The number of pyridine rings is 1. The van der Waals surface area contributed by atoms with Gasteiger partial charge in [-0.2, -0.15) is 0 Å². The topological polar surface area (TPSA) is 67.2 Å². The van der Waals surface area contributed by atoms with Crippen molar-refractivity contribution in [3.8, 4) is 0 Å². The first-order chi connectivity index (χ1) is 11.2. The van der Waals surface area contributed by atoms with Gasteiger partial charge in [0.05, 0.1) is 30.3 Å². The highest BCUT2D eigenvalue weighted by Gasteiger charge is 2.08. The fourth-order valence-electron chi connectivity index (χ4n) is 2.20. The summed E-state index contributed by atoms with van der Waals surface area (Å²) in [5.74, 6) is 0.516. The lowest BCUT2D eigenvalue weighted by atomic mass is 10.2. The van der Waals surface area contributed by atoms with Crippen LogP contribution in [0.3, 0.4) is 0 Å². The third-order valence-corrected chi connectivity index (χ3v) is 3.31. The number of aromatic nitrogens is 1. The quantitative estimate of drug-likeness (QED) is 0.755. The summed E-state index contributed by atoms with van der Waals surface area (Å²) in [4.78, 5) is 16.3. The molecular weight excluding hydrogens is 290 g/mol. The molecule has 0 spiro atoms. The molecule has 3 aromatic rings. The second-order valence-electron chi connectivity index (χ2n) is 5.22. The molecule has 0 saturated carbocycles. The van der Waals surface area contributed by atoms with Crippen LogP contribution >= 0.6 is 0 Å². The van der Waals surface area contributed by atoms with E-state index in [2.05, 4.69) is 15.6 Å². The molecule has 0 saturated heterocycles. The Morgan fingerprint density at radius 3 is 2.83 bits per heavy atom. The fraction of sp³-hybridized carbons (Fsp3) is 0.111. The van der Waals surface area contributed by atoms with E-state index in [1.54, 1.807) is 30.8 Å². The van der Waals surface area contributed by atoms with Crippen LogP contribution in [-0.4, -0.2) is 10.9 Å². The van der Waals surface area contributed by atoms with E-state index in [0.29, 0.717) is 17.9 Å². The van der Waals surface area contributed by atoms with Crippen LogP contribution in [0.25, 0.3) is 0 Å². The number of amides is 1. The molecule has 2 heterocycles. The van der Waals surface area contributed by atoms with E-state index >= 15 is 0 Å². The third kappa shape index (κ3) is 3.97. The maximum Gasteiger partial charge on any atom is 0.253 e. The van der Waals surface area contributed by atoms with E-state index in [-0.39, 0.29) is 5.91 Å². The Kier molecular flexibility index (Phi) is 4.38. The largest absolute Gasteiger partial charge is 0.467 e. The molecule has 0 aliphatic heterocycles. The Morgan fingerprint density at radius 1 is 1.13 bits per heavy atom. The van der Waals surface area contributed by atoms with Crippen molar-refractivity contribution in [1.29, 1.82) is 0 Å². The number of aryl methyl sites for hydroxylation is 1. The van der Waals surface area contributed by atoms with Crippen molar-refractivity contribution in [3.63, 3.8) is 0 Å². The van der Waals surface area contributed by atoms with E-state index in [1.807, 2.05) is 37.3 Å². The molecule has 0 unspecified atom stereocenters. The number of nitrogens with zero attached hydrogens (tertiary/aromatic N) is 1. The number of furan rings is 1. The molecule has 5 heteroatoms. The first kappa shape index (κ1) is 14.8. The minimum atomic E-state index is -0.193. The van der Waals surface area contributed by atoms with Crippen molar-refractivity contribution >= 4 is 17.3 Å². The van der Waals surface area contributed by atoms with Gasteiger partial charge in [-0.05, 0) is 42.8 Å². The lowest BCUT2D eigenvalue weighted by Gasteiger charge is -2.09. The summed E-state index contributed by atoms with van der Waals surface area (Å²) in [5.41, 5.74) is 3.38. The summed E-state index contributed by atoms with van der Waals surface area (Å²) in [6.45, 7) is 2.38. The second-order valence-corrected chi connectivity index (χ2v) is 5.22. The highest BCUT2D eigenvalue weighted by atomic mass is 16.3. The van der Waals surface area contributed by atoms with E-state index in [9.17, 15) is 4.79 Å². The van der Waals surface area contributed by atoms with Crippen molar-refractivity contribution in [2.45, 2.75) is 13.5 Å².